The Labute approximate surface area is 246 Å². The second-order valence-electron chi connectivity index (χ2n) is 9.42. The number of benzene rings is 3. The van der Waals surface area contributed by atoms with E-state index in [-0.39, 0.29) is 29.2 Å². The molecule has 4 aromatic rings. The SMILES string of the molecule is CCOC(=O)C1=C(C)N=c2sc(=Cc3ccc(O)c(OC)c3)c(=O)n2C1c1ccc(OCc2ccccc2)c(OC)c1. The predicted molar refractivity (Wildman–Crippen MR) is 159 cm³/mol. The number of aromatic hydroxyl groups is 1. The number of hydrogen-bond acceptors (Lipinski definition) is 9. The molecule has 0 amide bonds. The first-order valence-corrected chi connectivity index (χ1v) is 14.1. The van der Waals surface area contributed by atoms with Gasteiger partial charge in [0, 0.05) is 0 Å². The van der Waals surface area contributed by atoms with Crippen molar-refractivity contribution in [3.63, 3.8) is 0 Å². The lowest BCUT2D eigenvalue weighted by atomic mass is 9.95. The van der Waals surface area contributed by atoms with E-state index in [1.807, 2.05) is 36.4 Å². The zero-order chi connectivity index (χ0) is 29.8. The number of phenolic OH excluding ortho intramolecular Hbond substituents is 1. The molecule has 0 radical (unpaired) electrons. The van der Waals surface area contributed by atoms with E-state index in [2.05, 4.69) is 4.99 Å². The topological polar surface area (TPSA) is 109 Å². The Hall–Kier alpha value is -4.83. The van der Waals surface area contributed by atoms with E-state index in [0.717, 1.165) is 5.56 Å². The molecule has 2 heterocycles. The molecule has 216 valence electrons. The zero-order valence-corrected chi connectivity index (χ0v) is 24.4. The Balaban J connectivity index is 1.62. The number of phenols is 1. The van der Waals surface area contributed by atoms with E-state index in [0.29, 0.717) is 44.3 Å². The highest BCUT2D eigenvalue weighted by molar-refractivity contribution is 7.07. The van der Waals surface area contributed by atoms with E-state index in [9.17, 15) is 14.7 Å². The summed E-state index contributed by atoms with van der Waals surface area (Å²) >= 11 is 1.21. The number of fused-ring (bicyclic) bond motifs is 1. The van der Waals surface area contributed by atoms with Crippen molar-refractivity contribution in [2.75, 3.05) is 20.8 Å². The van der Waals surface area contributed by atoms with Crippen LogP contribution in [0, 0.1) is 0 Å². The van der Waals surface area contributed by atoms with E-state index < -0.39 is 12.0 Å². The van der Waals surface area contributed by atoms with Crippen LogP contribution in [0.1, 0.15) is 36.6 Å². The number of esters is 1. The first-order chi connectivity index (χ1) is 20.3. The number of methoxy groups -OCH3 is 2. The van der Waals surface area contributed by atoms with Gasteiger partial charge in [-0.25, -0.2) is 9.79 Å². The van der Waals surface area contributed by atoms with Crippen molar-refractivity contribution in [2.45, 2.75) is 26.5 Å². The molecule has 10 heteroatoms. The third-order valence-corrected chi connectivity index (χ3v) is 7.74. The highest BCUT2D eigenvalue weighted by atomic mass is 32.1. The summed E-state index contributed by atoms with van der Waals surface area (Å²) < 4.78 is 24.2. The quantitative estimate of drug-likeness (QED) is 0.294. The van der Waals surface area contributed by atoms with Crippen LogP contribution in [0.4, 0.5) is 0 Å². The van der Waals surface area contributed by atoms with Crippen LogP contribution < -0.4 is 29.1 Å². The van der Waals surface area contributed by atoms with Crippen molar-refractivity contribution in [1.82, 2.24) is 4.57 Å². The number of carbonyl (C=O) groups excluding carboxylic acids is 1. The van der Waals surface area contributed by atoms with Gasteiger partial charge in [-0.05, 0) is 60.9 Å². The van der Waals surface area contributed by atoms with Gasteiger partial charge in [0.15, 0.2) is 27.8 Å². The Morgan fingerprint density at radius 3 is 2.50 bits per heavy atom. The van der Waals surface area contributed by atoms with Crippen molar-refractivity contribution < 1.29 is 28.8 Å². The van der Waals surface area contributed by atoms with Gasteiger partial charge in [-0.15, -0.1) is 0 Å². The summed E-state index contributed by atoms with van der Waals surface area (Å²) in [4.78, 5) is 32.2. The Morgan fingerprint density at radius 2 is 1.79 bits per heavy atom. The van der Waals surface area contributed by atoms with Gasteiger partial charge < -0.3 is 24.1 Å². The van der Waals surface area contributed by atoms with Gasteiger partial charge in [0.25, 0.3) is 5.56 Å². The summed E-state index contributed by atoms with van der Waals surface area (Å²) in [6.07, 6.45) is 1.70. The summed E-state index contributed by atoms with van der Waals surface area (Å²) in [7, 11) is 3.00. The fourth-order valence-electron chi connectivity index (χ4n) is 4.75. The molecular formula is C32H30N2O7S. The van der Waals surface area contributed by atoms with Gasteiger partial charge in [0.2, 0.25) is 0 Å². The van der Waals surface area contributed by atoms with Gasteiger partial charge in [0.05, 0.1) is 42.7 Å². The van der Waals surface area contributed by atoms with Crippen LogP contribution in [0.2, 0.25) is 0 Å². The van der Waals surface area contributed by atoms with E-state index in [1.165, 1.54) is 29.1 Å². The number of carbonyl (C=O) groups is 1. The van der Waals surface area contributed by atoms with Crippen LogP contribution >= 0.6 is 11.3 Å². The molecule has 1 aromatic heterocycles. The summed E-state index contributed by atoms with van der Waals surface area (Å²) in [5.41, 5.74) is 2.70. The molecule has 0 bridgehead atoms. The molecule has 5 rings (SSSR count). The molecule has 1 atom stereocenters. The zero-order valence-electron chi connectivity index (χ0n) is 23.6. The Morgan fingerprint density at radius 1 is 1.02 bits per heavy atom. The van der Waals surface area contributed by atoms with Crippen molar-refractivity contribution in [2.24, 2.45) is 4.99 Å². The number of rotatable bonds is 9. The fraction of sp³-hybridized carbons (Fsp3) is 0.219. The van der Waals surface area contributed by atoms with Crippen molar-refractivity contribution in [3.8, 4) is 23.0 Å². The first kappa shape index (κ1) is 28.7. The lowest BCUT2D eigenvalue weighted by Gasteiger charge is -2.25. The number of thiazole rings is 1. The summed E-state index contributed by atoms with van der Waals surface area (Å²) in [6.45, 7) is 3.98. The molecule has 1 N–H and O–H groups in total. The van der Waals surface area contributed by atoms with Crippen molar-refractivity contribution in [1.29, 1.82) is 0 Å². The smallest absolute Gasteiger partial charge is 0.338 e. The monoisotopic (exact) mass is 586 g/mol. The Kier molecular flexibility index (Phi) is 8.44. The summed E-state index contributed by atoms with van der Waals surface area (Å²) in [6, 6.07) is 19.1. The lowest BCUT2D eigenvalue weighted by molar-refractivity contribution is -0.139. The van der Waals surface area contributed by atoms with Crippen LogP contribution in [0.15, 0.2) is 87.8 Å². The average molecular weight is 587 g/mol. The molecular weight excluding hydrogens is 556 g/mol. The first-order valence-electron chi connectivity index (χ1n) is 13.3. The van der Waals surface area contributed by atoms with Crippen LogP contribution in [-0.4, -0.2) is 36.5 Å². The summed E-state index contributed by atoms with van der Waals surface area (Å²) in [5, 5.41) is 9.97. The van der Waals surface area contributed by atoms with Crippen LogP contribution in [-0.2, 0) is 16.1 Å². The molecule has 0 spiro atoms. The number of aromatic nitrogens is 1. The highest BCUT2D eigenvalue weighted by Crippen LogP contribution is 2.36. The van der Waals surface area contributed by atoms with Crippen LogP contribution in [0.25, 0.3) is 6.08 Å². The molecule has 42 heavy (non-hydrogen) atoms. The van der Waals surface area contributed by atoms with E-state index >= 15 is 0 Å². The number of ether oxygens (including phenoxy) is 4. The second kappa shape index (κ2) is 12.4. The Bertz CT molecular complexity index is 1840. The van der Waals surface area contributed by atoms with Gasteiger partial charge in [-0.2, -0.15) is 0 Å². The molecule has 1 unspecified atom stereocenters. The molecule has 0 saturated carbocycles. The molecule has 0 aliphatic carbocycles. The third-order valence-electron chi connectivity index (χ3n) is 6.76. The normalized spacial score (nSPS) is 14.7. The maximum atomic E-state index is 13.9. The molecule has 0 saturated heterocycles. The average Bonchev–Trinajstić information content (AvgIpc) is 3.30. The largest absolute Gasteiger partial charge is 0.504 e. The number of hydrogen-bond donors (Lipinski definition) is 1. The lowest BCUT2D eigenvalue weighted by Crippen LogP contribution is -2.40. The standard InChI is InChI=1S/C32H30N2O7S/c1-5-40-31(37)28-19(2)33-32-34(30(36)27(42-32)16-21-11-13-23(35)25(15-21)38-3)29(28)22-12-14-24(26(17-22)39-4)41-18-20-9-7-6-8-10-20/h6-17,29,35H,5,18H2,1-4H3. The van der Waals surface area contributed by atoms with Crippen molar-refractivity contribution in [3.05, 3.63) is 114 Å². The van der Waals surface area contributed by atoms with Crippen molar-refractivity contribution >= 4 is 23.4 Å². The van der Waals surface area contributed by atoms with Crippen LogP contribution in [0.5, 0.6) is 23.0 Å². The predicted octanol–water partition coefficient (Wildman–Crippen LogP) is 4.10. The molecule has 1 aliphatic heterocycles. The van der Waals surface area contributed by atoms with E-state index in [1.54, 1.807) is 51.3 Å². The van der Waals surface area contributed by atoms with Gasteiger partial charge in [0.1, 0.15) is 6.61 Å². The fourth-order valence-corrected chi connectivity index (χ4v) is 5.80. The van der Waals surface area contributed by atoms with Gasteiger partial charge >= 0.3 is 5.97 Å². The third kappa shape index (κ3) is 5.66. The summed E-state index contributed by atoms with van der Waals surface area (Å²) in [5.74, 6) is 0.717. The molecule has 0 fully saturated rings. The van der Waals surface area contributed by atoms with Gasteiger partial charge in [-0.1, -0.05) is 53.8 Å². The molecule has 9 nitrogen and oxygen atoms in total. The van der Waals surface area contributed by atoms with Crippen LogP contribution in [0.3, 0.4) is 0 Å². The second-order valence-corrected chi connectivity index (χ2v) is 10.4. The number of allylic oxidation sites excluding steroid dienone is 1. The van der Waals surface area contributed by atoms with Gasteiger partial charge in [-0.3, -0.25) is 9.36 Å². The highest BCUT2D eigenvalue weighted by Gasteiger charge is 2.34. The maximum absolute atomic E-state index is 13.9. The molecule has 1 aliphatic rings. The number of nitrogens with zero attached hydrogens (tertiary/aromatic N) is 2. The maximum Gasteiger partial charge on any atom is 0.338 e. The minimum absolute atomic E-state index is 0.00375. The minimum atomic E-state index is -0.811. The minimum Gasteiger partial charge on any atom is -0.504 e. The molecule has 3 aromatic carbocycles. The van der Waals surface area contributed by atoms with E-state index in [4.69, 9.17) is 18.9 Å².